The molecule has 1 heterocycles. The molecule has 5 heteroatoms. The van der Waals surface area contributed by atoms with Crippen LogP contribution in [0.25, 0.3) is 0 Å². The van der Waals surface area contributed by atoms with Gasteiger partial charge < -0.3 is 14.8 Å². The van der Waals surface area contributed by atoms with Gasteiger partial charge in [0.25, 0.3) is 0 Å². The van der Waals surface area contributed by atoms with Gasteiger partial charge in [-0.2, -0.15) is 0 Å². The van der Waals surface area contributed by atoms with Crippen LogP contribution in [0.2, 0.25) is 0 Å². The third-order valence-corrected chi connectivity index (χ3v) is 3.17. The van der Waals surface area contributed by atoms with Crippen molar-refractivity contribution in [1.29, 1.82) is 0 Å². The summed E-state index contributed by atoms with van der Waals surface area (Å²) >= 11 is 0. The van der Waals surface area contributed by atoms with E-state index in [1.54, 1.807) is 4.90 Å². The minimum absolute atomic E-state index is 0.289. The first-order chi connectivity index (χ1) is 9.29. The lowest BCUT2D eigenvalue weighted by molar-refractivity contribution is 0.0978. The maximum Gasteiger partial charge on any atom is 0.410 e. The molecule has 1 fully saturated rings. The number of nitrogens with zero attached hydrogens (tertiary/aromatic N) is 2. The summed E-state index contributed by atoms with van der Waals surface area (Å²) in [5.74, 6) is 0. The number of rotatable bonds is 2. The molecule has 19 heavy (non-hydrogen) atoms. The number of amides is 1. The second kappa shape index (κ2) is 6.78. The maximum absolute atomic E-state index is 11.9. The molecule has 1 aromatic rings. The third-order valence-electron chi connectivity index (χ3n) is 3.17. The molecule has 5 nitrogen and oxygen atoms in total. The number of carbonyl (C=O) groups excluding carboxylic acids is 1. The minimum atomic E-state index is -0.303. The fourth-order valence-electron chi connectivity index (χ4n) is 2.07. The van der Waals surface area contributed by atoms with Crippen molar-refractivity contribution in [1.82, 2.24) is 4.90 Å². The van der Waals surface area contributed by atoms with Crippen molar-refractivity contribution in [3.8, 4) is 0 Å². The van der Waals surface area contributed by atoms with Gasteiger partial charge in [-0.05, 0) is 18.4 Å². The van der Waals surface area contributed by atoms with Crippen molar-refractivity contribution in [2.45, 2.75) is 25.9 Å². The number of hydrogen-bond donors (Lipinski definition) is 1. The van der Waals surface area contributed by atoms with Crippen LogP contribution in [0.4, 0.5) is 4.79 Å². The highest BCUT2D eigenvalue weighted by Gasteiger charge is 2.19. The average molecular weight is 262 g/mol. The van der Waals surface area contributed by atoms with Crippen LogP contribution >= 0.6 is 0 Å². The highest BCUT2D eigenvalue weighted by atomic mass is 16.6. The standard InChI is InChI=1S/C14H18N2O3/c17-14(19-11-12-5-2-1-3-6-12)16-9-4-7-13(15-18)8-10-16/h1-3,5-6,18H,4,7-11H2. The molecule has 0 aromatic heterocycles. The molecule has 102 valence electrons. The van der Waals surface area contributed by atoms with Crippen LogP contribution in [-0.4, -0.2) is 35.0 Å². The second-order valence-electron chi connectivity index (χ2n) is 4.55. The zero-order valence-corrected chi connectivity index (χ0v) is 10.8. The number of carbonyl (C=O) groups is 1. The van der Waals surface area contributed by atoms with E-state index < -0.39 is 0 Å². The van der Waals surface area contributed by atoms with Gasteiger partial charge in [0.2, 0.25) is 0 Å². The summed E-state index contributed by atoms with van der Waals surface area (Å²) in [7, 11) is 0. The normalized spacial score (nSPS) is 18.1. The van der Waals surface area contributed by atoms with Gasteiger partial charge in [-0.3, -0.25) is 0 Å². The quantitative estimate of drug-likeness (QED) is 0.658. The summed E-state index contributed by atoms with van der Waals surface area (Å²) in [6, 6.07) is 9.60. The van der Waals surface area contributed by atoms with E-state index in [1.807, 2.05) is 30.3 Å². The van der Waals surface area contributed by atoms with E-state index in [9.17, 15) is 4.79 Å². The van der Waals surface area contributed by atoms with E-state index in [0.717, 1.165) is 24.1 Å². The van der Waals surface area contributed by atoms with Crippen molar-refractivity contribution < 1.29 is 14.7 Å². The lowest BCUT2D eigenvalue weighted by Crippen LogP contribution is -2.32. The number of hydrogen-bond acceptors (Lipinski definition) is 4. The van der Waals surface area contributed by atoms with E-state index in [1.165, 1.54) is 0 Å². The topological polar surface area (TPSA) is 62.1 Å². The van der Waals surface area contributed by atoms with Gasteiger partial charge in [0.15, 0.2) is 0 Å². The van der Waals surface area contributed by atoms with Crippen LogP contribution in [0.3, 0.4) is 0 Å². The van der Waals surface area contributed by atoms with Gasteiger partial charge in [-0.1, -0.05) is 35.5 Å². The predicted octanol–water partition coefficient (Wildman–Crippen LogP) is 2.64. The fraction of sp³-hybridized carbons (Fsp3) is 0.429. The number of likely N-dealkylation sites (tertiary alicyclic amines) is 1. The Hall–Kier alpha value is -2.04. The lowest BCUT2D eigenvalue weighted by atomic mass is 10.2. The Bertz CT molecular complexity index is 445. The Kier molecular flexibility index (Phi) is 4.78. The molecule has 0 radical (unpaired) electrons. The Morgan fingerprint density at radius 3 is 2.79 bits per heavy atom. The maximum atomic E-state index is 11.9. The van der Waals surface area contributed by atoms with Crippen molar-refractivity contribution in [2.24, 2.45) is 5.16 Å². The molecule has 0 unspecified atom stereocenters. The summed E-state index contributed by atoms with van der Waals surface area (Å²) in [5.41, 5.74) is 1.72. The first-order valence-corrected chi connectivity index (χ1v) is 6.45. The summed E-state index contributed by atoms with van der Waals surface area (Å²) in [6.45, 7) is 1.48. The second-order valence-corrected chi connectivity index (χ2v) is 4.55. The molecule has 1 amide bonds. The molecule has 0 spiro atoms. The van der Waals surface area contributed by atoms with Crippen LogP contribution in [0.15, 0.2) is 35.5 Å². The van der Waals surface area contributed by atoms with Gasteiger partial charge in [0.1, 0.15) is 6.61 Å². The first kappa shape index (κ1) is 13.4. The third kappa shape index (κ3) is 3.98. The van der Waals surface area contributed by atoms with Gasteiger partial charge >= 0.3 is 6.09 Å². The average Bonchev–Trinajstić information content (AvgIpc) is 2.71. The fourth-order valence-corrected chi connectivity index (χ4v) is 2.07. The molecular weight excluding hydrogens is 244 g/mol. The molecule has 1 aliphatic heterocycles. The molecule has 1 aliphatic rings. The molecule has 0 saturated carbocycles. The van der Waals surface area contributed by atoms with Crippen molar-refractivity contribution in [2.75, 3.05) is 13.1 Å². The van der Waals surface area contributed by atoms with Crippen LogP contribution in [0.1, 0.15) is 24.8 Å². The summed E-state index contributed by atoms with van der Waals surface area (Å²) < 4.78 is 5.28. The first-order valence-electron chi connectivity index (χ1n) is 6.45. The SMILES string of the molecule is O=C(OCc1ccccc1)N1CCCC(=NO)CC1. The van der Waals surface area contributed by atoms with Gasteiger partial charge in [0, 0.05) is 19.5 Å². The van der Waals surface area contributed by atoms with Crippen molar-refractivity contribution in [3.05, 3.63) is 35.9 Å². The van der Waals surface area contributed by atoms with Gasteiger partial charge in [-0.25, -0.2) is 4.79 Å². The number of ether oxygens (including phenoxy) is 1. The zero-order valence-electron chi connectivity index (χ0n) is 10.8. The molecule has 1 N–H and O–H groups in total. The van der Waals surface area contributed by atoms with Crippen LogP contribution in [-0.2, 0) is 11.3 Å². The minimum Gasteiger partial charge on any atom is -0.445 e. The molecule has 1 aromatic carbocycles. The number of benzene rings is 1. The predicted molar refractivity (Wildman–Crippen MR) is 71.3 cm³/mol. The molecule has 0 atom stereocenters. The van der Waals surface area contributed by atoms with E-state index in [2.05, 4.69) is 5.16 Å². The zero-order chi connectivity index (χ0) is 13.5. The molecule has 0 bridgehead atoms. The van der Waals surface area contributed by atoms with Crippen LogP contribution in [0, 0.1) is 0 Å². The molecular formula is C14H18N2O3. The Labute approximate surface area is 112 Å². The highest BCUT2D eigenvalue weighted by Crippen LogP contribution is 2.10. The highest BCUT2D eigenvalue weighted by molar-refractivity contribution is 5.84. The van der Waals surface area contributed by atoms with Gasteiger partial charge in [0.05, 0.1) is 5.71 Å². The smallest absolute Gasteiger partial charge is 0.410 e. The Morgan fingerprint density at radius 2 is 2.05 bits per heavy atom. The Balaban J connectivity index is 1.83. The van der Waals surface area contributed by atoms with E-state index in [4.69, 9.17) is 9.94 Å². The van der Waals surface area contributed by atoms with E-state index in [-0.39, 0.29) is 12.7 Å². The largest absolute Gasteiger partial charge is 0.445 e. The number of oxime groups is 1. The van der Waals surface area contributed by atoms with E-state index >= 15 is 0 Å². The summed E-state index contributed by atoms with van der Waals surface area (Å²) in [5, 5.41) is 12.0. The van der Waals surface area contributed by atoms with Crippen molar-refractivity contribution >= 4 is 11.8 Å². The summed E-state index contributed by atoms with van der Waals surface area (Å²) in [4.78, 5) is 13.6. The van der Waals surface area contributed by atoms with E-state index in [0.29, 0.717) is 19.5 Å². The van der Waals surface area contributed by atoms with Crippen LogP contribution < -0.4 is 0 Å². The molecule has 2 rings (SSSR count). The molecule has 0 aliphatic carbocycles. The van der Waals surface area contributed by atoms with Crippen molar-refractivity contribution in [3.63, 3.8) is 0 Å². The van der Waals surface area contributed by atoms with Crippen LogP contribution in [0.5, 0.6) is 0 Å². The molecule has 1 saturated heterocycles. The monoisotopic (exact) mass is 262 g/mol. The van der Waals surface area contributed by atoms with Gasteiger partial charge in [-0.15, -0.1) is 0 Å². The Morgan fingerprint density at radius 1 is 1.26 bits per heavy atom. The summed E-state index contributed by atoms with van der Waals surface area (Å²) in [6.07, 6.45) is 1.85. The lowest BCUT2D eigenvalue weighted by Gasteiger charge is -2.19.